The van der Waals surface area contributed by atoms with Gasteiger partial charge in [0.2, 0.25) is 5.89 Å². The van der Waals surface area contributed by atoms with Crippen LogP contribution in [0.3, 0.4) is 0 Å². The topological polar surface area (TPSA) is 65.6 Å². The van der Waals surface area contributed by atoms with Gasteiger partial charge in [0.15, 0.2) is 5.82 Å². The lowest BCUT2D eigenvalue weighted by Crippen LogP contribution is -2.47. The van der Waals surface area contributed by atoms with E-state index in [1.54, 1.807) is 0 Å². The molecule has 0 unspecified atom stereocenters. The van der Waals surface area contributed by atoms with Crippen LogP contribution in [0.1, 0.15) is 30.3 Å². The van der Waals surface area contributed by atoms with E-state index >= 15 is 0 Å². The first-order valence-electron chi connectivity index (χ1n) is 8.23. The smallest absolute Gasteiger partial charge is 0.240 e. The molecular weight excluding hydrogens is 292 g/mol. The molecule has 1 atom stereocenters. The van der Waals surface area contributed by atoms with Gasteiger partial charge in [0.05, 0.1) is 12.6 Å². The Morgan fingerprint density at radius 2 is 1.83 bits per heavy atom. The lowest BCUT2D eigenvalue weighted by molar-refractivity contribution is 0.0663. The van der Waals surface area contributed by atoms with Gasteiger partial charge in [0, 0.05) is 39.1 Å². The number of rotatable bonds is 6. The van der Waals surface area contributed by atoms with Crippen LogP contribution >= 0.6 is 0 Å². The molecule has 0 bridgehead atoms. The van der Waals surface area contributed by atoms with Crippen molar-refractivity contribution in [1.29, 1.82) is 0 Å². The van der Waals surface area contributed by atoms with Gasteiger partial charge < -0.3 is 9.63 Å². The molecule has 0 saturated carbocycles. The average Bonchev–Trinajstić information content (AvgIpc) is 3.05. The van der Waals surface area contributed by atoms with Crippen LogP contribution in [0.4, 0.5) is 0 Å². The zero-order valence-corrected chi connectivity index (χ0v) is 13.6. The summed E-state index contributed by atoms with van der Waals surface area (Å²) in [7, 11) is 0. The Morgan fingerprint density at radius 3 is 2.48 bits per heavy atom. The van der Waals surface area contributed by atoms with Crippen molar-refractivity contribution in [2.24, 2.45) is 0 Å². The van der Waals surface area contributed by atoms with Gasteiger partial charge in [-0.05, 0) is 5.56 Å². The number of hydrogen-bond acceptors (Lipinski definition) is 6. The fourth-order valence-corrected chi connectivity index (χ4v) is 2.84. The first-order chi connectivity index (χ1) is 11.2. The van der Waals surface area contributed by atoms with Crippen LogP contribution in [0.2, 0.25) is 0 Å². The minimum absolute atomic E-state index is 0.425. The first-order valence-corrected chi connectivity index (χ1v) is 8.23. The Hall–Kier alpha value is -1.76. The summed E-state index contributed by atoms with van der Waals surface area (Å²) < 4.78 is 5.25. The van der Waals surface area contributed by atoms with Crippen LogP contribution in [-0.2, 0) is 13.0 Å². The summed E-state index contributed by atoms with van der Waals surface area (Å²) >= 11 is 0. The van der Waals surface area contributed by atoms with Gasteiger partial charge in [0.25, 0.3) is 0 Å². The van der Waals surface area contributed by atoms with Crippen LogP contribution in [0.5, 0.6) is 0 Å². The zero-order chi connectivity index (χ0) is 16.1. The van der Waals surface area contributed by atoms with E-state index in [0.717, 1.165) is 44.0 Å². The average molecular weight is 316 g/mol. The van der Waals surface area contributed by atoms with Crippen molar-refractivity contribution in [2.75, 3.05) is 32.7 Å². The summed E-state index contributed by atoms with van der Waals surface area (Å²) in [6, 6.07) is 9.84. The van der Waals surface area contributed by atoms with E-state index in [4.69, 9.17) is 4.52 Å². The molecule has 1 saturated heterocycles. The quantitative estimate of drug-likeness (QED) is 0.871. The number of β-amino-alcohol motifs (C(OH)–C–C–N with tert-alkyl or cyclic N) is 1. The second kappa shape index (κ2) is 7.68. The summed E-state index contributed by atoms with van der Waals surface area (Å²) in [6.07, 6.45) is 0.375. The Bertz CT molecular complexity index is 594. The molecule has 1 aromatic carbocycles. The summed E-state index contributed by atoms with van der Waals surface area (Å²) in [6.45, 7) is 7.19. The SMILES string of the molecule is CCc1noc(CN2CCN(C[C@@H](O)c3ccccc3)CC2)n1. The lowest BCUT2D eigenvalue weighted by atomic mass is 10.1. The number of nitrogens with zero attached hydrogens (tertiary/aromatic N) is 4. The largest absolute Gasteiger partial charge is 0.387 e. The second-order valence-electron chi connectivity index (χ2n) is 5.96. The Balaban J connectivity index is 1.45. The first kappa shape index (κ1) is 16.1. The number of aliphatic hydroxyl groups excluding tert-OH is 1. The summed E-state index contributed by atoms with van der Waals surface area (Å²) in [5.41, 5.74) is 0.980. The molecule has 1 aliphatic heterocycles. The van der Waals surface area contributed by atoms with Crippen molar-refractivity contribution in [3.63, 3.8) is 0 Å². The van der Waals surface area contributed by atoms with Crippen molar-refractivity contribution >= 4 is 0 Å². The van der Waals surface area contributed by atoms with Gasteiger partial charge in [-0.1, -0.05) is 42.4 Å². The van der Waals surface area contributed by atoms with Crippen molar-refractivity contribution in [3.05, 3.63) is 47.6 Å². The molecule has 23 heavy (non-hydrogen) atoms. The molecular formula is C17H24N4O2. The monoisotopic (exact) mass is 316 g/mol. The summed E-state index contributed by atoms with van der Waals surface area (Å²) in [5.74, 6) is 1.46. The minimum Gasteiger partial charge on any atom is -0.387 e. The predicted molar refractivity (Wildman–Crippen MR) is 86.8 cm³/mol. The molecule has 0 spiro atoms. The molecule has 1 fully saturated rings. The normalized spacial score (nSPS) is 18.2. The number of aromatic nitrogens is 2. The molecule has 0 radical (unpaired) electrons. The van der Waals surface area contributed by atoms with E-state index < -0.39 is 6.10 Å². The summed E-state index contributed by atoms with van der Waals surface area (Å²) in [4.78, 5) is 8.98. The van der Waals surface area contributed by atoms with Gasteiger partial charge in [-0.3, -0.25) is 9.80 Å². The molecule has 2 aromatic rings. The van der Waals surface area contributed by atoms with Gasteiger partial charge in [-0.25, -0.2) is 0 Å². The van der Waals surface area contributed by atoms with E-state index in [1.165, 1.54) is 0 Å². The van der Waals surface area contributed by atoms with Gasteiger partial charge >= 0.3 is 0 Å². The predicted octanol–water partition coefficient (Wildman–Crippen LogP) is 1.48. The molecule has 124 valence electrons. The Labute approximate surface area is 136 Å². The standard InChI is InChI=1S/C17H24N4O2/c1-2-16-18-17(23-19-16)13-21-10-8-20(9-11-21)12-15(22)14-6-4-3-5-7-14/h3-7,15,22H,2,8-13H2,1H3/t15-/m1/s1. The maximum Gasteiger partial charge on any atom is 0.240 e. The van der Waals surface area contributed by atoms with Crippen molar-refractivity contribution < 1.29 is 9.63 Å². The highest BCUT2D eigenvalue weighted by Gasteiger charge is 2.21. The molecule has 1 aromatic heterocycles. The zero-order valence-electron chi connectivity index (χ0n) is 13.6. The summed E-state index contributed by atoms with van der Waals surface area (Å²) in [5, 5.41) is 14.2. The van der Waals surface area contributed by atoms with Crippen LogP contribution in [0, 0.1) is 0 Å². The number of hydrogen-bond donors (Lipinski definition) is 1. The highest BCUT2D eigenvalue weighted by molar-refractivity contribution is 5.17. The van der Waals surface area contributed by atoms with E-state index in [9.17, 15) is 5.11 Å². The minimum atomic E-state index is -0.425. The Kier molecular flexibility index (Phi) is 5.38. The van der Waals surface area contributed by atoms with E-state index in [2.05, 4.69) is 19.9 Å². The highest BCUT2D eigenvalue weighted by Crippen LogP contribution is 2.15. The molecule has 2 heterocycles. The molecule has 3 rings (SSSR count). The molecule has 6 nitrogen and oxygen atoms in total. The van der Waals surface area contributed by atoms with Crippen LogP contribution in [0.15, 0.2) is 34.9 Å². The Morgan fingerprint density at radius 1 is 1.13 bits per heavy atom. The second-order valence-corrected chi connectivity index (χ2v) is 5.96. The van der Waals surface area contributed by atoms with E-state index in [0.29, 0.717) is 19.0 Å². The maximum atomic E-state index is 10.3. The third kappa shape index (κ3) is 4.37. The third-order valence-electron chi connectivity index (χ3n) is 4.27. The fraction of sp³-hybridized carbons (Fsp3) is 0.529. The van der Waals surface area contributed by atoms with Crippen molar-refractivity contribution in [3.8, 4) is 0 Å². The molecule has 0 amide bonds. The van der Waals surface area contributed by atoms with E-state index in [-0.39, 0.29) is 0 Å². The van der Waals surface area contributed by atoms with Crippen molar-refractivity contribution in [2.45, 2.75) is 26.0 Å². The number of benzene rings is 1. The highest BCUT2D eigenvalue weighted by atomic mass is 16.5. The third-order valence-corrected chi connectivity index (χ3v) is 4.27. The molecule has 1 aliphatic rings. The van der Waals surface area contributed by atoms with Crippen molar-refractivity contribution in [1.82, 2.24) is 19.9 Å². The van der Waals surface area contributed by atoms with Crippen LogP contribution in [0.25, 0.3) is 0 Å². The fourth-order valence-electron chi connectivity index (χ4n) is 2.84. The van der Waals surface area contributed by atoms with Crippen LogP contribution in [-0.4, -0.2) is 57.8 Å². The van der Waals surface area contributed by atoms with Crippen LogP contribution < -0.4 is 0 Å². The van der Waals surface area contributed by atoms with Gasteiger partial charge in [-0.15, -0.1) is 0 Å². The molecule has 0 aliphatic carbocycles. The maximum absolute atomic E-state index is 10.3. The lowest BCUT2D eigenvalue weighted by Gasteiger charge is -2.34. The molecule has 6 heteroatoms. The number of aliphatic hydroxyl groups is 1. The number of aryl methyl sites for hydroxylation is 1. The number of piperazine rings is 1. The van der Waals surface area contributed by atoms with Gasteiger partial charge in [0.1, 0.15) is 0 Å². The van der Waals surface area contributed by atoms with Gasteiger partial charge in [-0.2, -0.15) is 4.98 Å². The van der Waals surface area contributed by atoms with E-state index in [1.807, 2.05) is 37.3 Å². The molecule has 1 N–H and O–H groups in total.